The number of H-pyrrole nitrogens is 1. The molecule has 0 unspecified atom stereocenters. The Bertz CT molecular complexity index is 1250. The normalized spacial score (nSPS) is 11.0. The molecule has 2 N–H and O–H groups in total. The molecule has 0 aliphatic rings. The molecule has 0 radical (unpaired) electrons. The Balaban J connectivity index is 2.00. The van der Waals surface area contributed by atoms with E-state index in [0.29, 0.717) is 33.1 Å². The summed E-state index contributed by atoms with van der Waals surface area (Å²) >= 11 is 7.96. The monoisotopic (exact) mass is 426 g/mol. The van der Waals surface area contributed by atoms with E-state index in [1.807, 2.05) is 25.3 Å². The second-order valence-corrected chi connectivity index (χ2v) is 7.46. The fraction of sp³-hybridized carbons (Fsp3) is 0.0952. The van der Waals surface area contributed by atoms with Crippen LogP contribution in [0, 0.1) is 12.7 Å². The van der Waals surface area contributed by atoms with Crippen molar-refractivity contribution in [3.05, 3.63) is 75.3 Å². The summed E-state index contributed by atoms with van der Waals surface area (Å²) in [5.74, 6) is -0.344. The van der Waals surface area contributed by atoms with Crippen molar-refractivity contribution >= 4 is 40.4 Å². The van der Waals surface area contributed by atoms with Gasteiger partial charge in [0.25, 0.3) is 0 Å². The summed E-state index contributed by atoms with van der Waals surface area (Å²) in [6.45, 7) is 1.96. The van der Waals surface area contributed by atoms with Gasteiger partial charge in [-0.1, -0.05) is 23.5 Å². The summed E-state index contributed by atoms with van der Waals surface area (Å²) in [5, 5.41) is 0.558. The SMILES string of the molecule is CSNc1c(C)cc(-c2nc3ccc(=O)[nH]c3nc2-c2ccc(F)cc2)cc1Cl. The van der Waals surface area contributed by atoms with E-state index in [4.69, 9.17) is 16.6 Å². The second-order valence-electron chi connectivity index (χ2n) is 6.44. The van der Waals surface area contributed by atoms with Crippen LogP contribution < -0.4 is 10.3 Å². The minimum Gasteiger partial charge on any atom is -0.328 e. The van der Waals surface area contributed by atoms with Gasteiger partial charge in [-0.2, -0.15) is 0 Å². The van der Waals surface area contributed by atoms with Gasteiger partial charge < -0.3 is 9.71 Å². The molecule has 5 nitrogen and oxygen atoms in total. The van der Waals surface area contributed by atoms with Gasteiger partial charge in [-0.25, -0.2) is 14.4 Å². The number of pyridine rings is 1. The lowest BCUT2D eigenvalue weighted by Gasteiger charge is -2.14. The molecule has 0 fully saturated rings. The predicted octanol–water partition coefficient (Wildman–Crippen LogP) is 5.44. The molecule has 4 aromatic rings. The van der Waals surface area contributed by atoms with Crippen LogP contribution in [0.3, 0.4) is 0 Å². The number of rotatable bonds is 4. The van der Waals surface area contributed by atoms with Crippen LogP contribution in [0.2, 0.25) is 5.02 Å². The largest absolute Gasteiger partial charge is 0.328 e. The molecule has 0 aliphatic heterocycles. The highest BCUT2D eigenvalue weighted by molar-refractivity contribution is 7.99. The van der Waals surface area contributed by atoms with E-state index in [9.17, 15) is 9.18 Å². The second kappa shape index (κ2) is 7.85. The van der Waals surface area contributed by atoms with Crippen molar-refractivity contribution < 1.29 is 4.39 Å². The van der Waals surface area contributed by atoms with Crippen LogP contribution in [0.1, 0.15) is 5.56 Å². The molecule has 29 heavy (non-hydrogen) atoms. The van der Waals surface area contributed by atoms with E-state index in [1.165, 1.54) is 30.1 Å². The molecule has 0 spiro atoms. The lowest BCUT2D eigenvalue weighted by Crippen LogP contribution is -2.06. The Kier molecular flexibility index (Phi) is 5.25. The van der Waals surface area contributed by atoms with Crippen molar-refractivity contribution in [2.75, 3.05) is 11.0 Å². The molecule has 0 saturated carbocycles. The van der Waals surface area contributed by atoms with Gasteiger partial charge in [0, 0.05) is 23.4 Å². The van der Waals surface area contributed by atoms with E-state index in [1.54, 1.807) is 18.2 Å². The molecule has 2 aromatic heterocycles. The van der Waals surface area contributed by atoms with Crippen molar-refractivity contribution in [1.82, 2.24) is 15.0 Å². The van der Waals surface area contributed by atoms with E-state index in [2.05, 4.69) is 14.7 Å². The number of fused-ring (bicyclic) bond motifs is 1. The highest BCUT2D eigenvalue weighted by Crippen LogP contribution is 2.36. The smallest absolute Gasteiger partial charge is 0.249 e. The maximum Gasteiger partial charge on any atom is 0.249 e. The third-order valence-electron chi connectivity index (χ3n) is 4.44. The average Bonchev–Trinajstić information content (AvgIpc) is 2.70. The number of anilines is 1. The molecule has 4 rings (SSSR count). The highest BCUT2D eigenvalue weighted by atomic mass is 35.5. The Morgan fingerprint density at radius 3 is 2.45 bits per heavy atom. The van der Waals surface area contributed by atoms with Crippen LogP contribution >= 0.6 is 23.5 Å². The van der Waals surface area contributed by atoms with E-state index in [0.717, 1.165) is 16.8 Å². The number of aryl methyl sites for hydroxylation is 1. The Morgan fingerprint density at radius 2 is 1.76 bits per heavy atom. The first-order valence-corrected chi connectivity index (χ1v) is 10.3. The average molecular weight is 427 g/mol. The third kappa shape index (κ3) is 3.83. The van der Waals surface area contributed by atoms with Crippen molar-refractivity contribution in [2.24, 2.45) is 0 Å². The molecule has 0 aliphatic carbocycles. The quantitative estimate of drug-likeness (QED) is 0.425. The fourth-order valence-corrected chi connectivity index (χ4v) is 3.94. The molecule has 146 valence electrons. The summed E-state index contributed by atoms with van der Waals surface area (Å²) < 4.78 is 16.6. The van der Waals surface area contributed by atoms with E-state index in [-0.39, 0.29) is 11.4 Å². The lowest BCUT2D eigenvalue weighted by molar-refractivity contribution is 0.628. The number of benzene rings is 2. The number of nitrogens with zero attached hydrogens (tertiary/aromatic N) is 2. The fourth-order valence-electron chi connectivity index (χ4n) is 3.09. The molecule has 0 amide bonds. The predicted molar refractivity (Wildman–Crippen MR) is 118 cm³/mol. The summed E-state index contributed by atoms with van der Waals surface area (Å²) in [6.07, 6.45) is 1.92. The number of hydrogen-bond donors (Lipinski definition) is 2. The highest BCUT2D eigenvalue weighted by Gasteiger charge is 2.16. The number of halogens is 2. The molecule has 0 atom stereocenters. The van der Waals surface area contributed by atoms with Crippen LogP contribution in [0.25, 0.3) is 33.7 Å². The molecule has 2 heterocycles. The zero-order valence-electron chi connectivity index (χ0n) is 15.6. The summed E-state index contributed by atoms with van der Waals surface area (Å²) in [5.41, 5.74) is 5.02. The van der Waals surface area contributed by atoms with Crippen molar-refractivity contribution in [2.45, 2.75) is 6.92 Å². The van der Waals surface area contributed by atoms with Gasteiger partial charge in [0.1, 0.15) is 11.3 Å². The molecule has 8 heteroatoms. The van der Waals surface area contributed by atoms with Gasteiger partial charge in [-0.05, 0) is 55.0 Å². The van der Waals surface area contributed by atoms with Crippen LogP contribution in [0.5, 0.6) is 0 Å². The Hall–Kier alpha value is -2.90. The first-order valence-electron chi connectivity index (χ1n) is 8.73. The van der Waals surface area contributed by atoms with Crippen molar-refractivity contribution in [3.8, 4) is 22.5 Å². The molecule has 0 bridgehead atoms. The zero-order chi connectivity index (χ0) is 20.5. The lowest BCUT2D eigenvalue weighted by atomic mass is 10.0. The summed E-state index contributed by atoms with van der Waals surface area (Å²) in [6, 6.07) is 12.8. The maximum absolute atomic E-state index is 13.4. The number of aromatic nitrogens is 3. The summed E-state index contributed by atoms with van der Waals surface area (Å²) in [4.78, 5) is 23.8. The molecular formula is C21H16ClFN4OS. The topological polar surface area (TPSA) is 70.7 Å². The van der Waals surface area contributed by atoms with E-state index >= 15 is 0 Å². The van der Waals surface area contributed by atoms with Gasteiger partial charge in [-0.15, -0.1) is 0 Å². The third-order valence-corrected chi connectivity index (χ3v) is 5.15. The van der Waals surface area contributed by atoms with Crippen molar-refractivity contribution in [1.29, 1.82) is 0 Å². The van der Waals surface area contributed by atoms with E-state index < -0.39 is 0 Å². The van der Waals surface area contributed by atoms with Gasteiger partial charge in [0.15, 0.2) is 5.65 Å². The van der Waals surface area contributed by atoms with Gasteiger partial charge in [-0.3, -0.25) is 4.79 Å². The molecule has 0 saturated heterocycles. The van der Waals surface area contributed by atoms with Crippen LogP contribution in [0.4, 0.5) is 10.1 Å². The number of aromatic amines is 1. The van der Waals surface area contributed by atoms with Crippen LogP contribution in [-0.2, 0) is 0 Å². The Labute approximate surface area is 175 Å². The molecular weight excluding hydrogens is 411 g/mol. The first-order chi connectivity index (χ1) is 14.0. The maximum atomic E-state index is 13.4. The number of hydrogen-bond acceptors (Lipinski definition) is 5. The van der Waals surface area contributed by atoms with Crippen LogP contribution in [0.15, 0.2) is 53.3 Å². The Morgan fingerprint density at radius 1 is 1.03 bits per heavy atom. The van der Waals surface area contributed by atoms with Gasteiger partial charge in [0.2, 0.25) is 5.56 Å². The molecule has 2 aromatic carbocycles. The number of nitrogens with one attached hydrogen (secondary N) is 2. The van der Waals surface area contributed by atoms with Crippen LogP contribution in [-0.4, -0.2) is 21.2 Å². The minimum absolute atomic E-state index is 0.268. The van der Waals surface area contributed by atoms with Crippen molar-refractivity contribution in [3.63, 3.8) is 0 Å². The standard InChI is InChI=1S/C21H16ClFN4OS/c1-11-9-13(10-15(22)18(11)27-29-2)20-19(12-3-5-14(23)6-4-12)26-21-16(24-20)7-8-17(28)25-21/h3-10,27H,1-2H3,(H,25,26,28). The van der Waals surface area contributed by atoms with Gasteiger partial charge >= 0.3 is 0 Å². The summed E-state index contributed by atoms with van der Waals surface area (Å²) in [7, 11) is 0. The zero-order valence-corrected chi connectivity index (χ0v) is 17.2. The minimum atomic E-state index is -0.344. The first kappa shape index (κ1) is 19.4. The van der Waals surface area contributed by atoms with Gasteiger partial charge in [0.05, 0.1) is 22.1 Å².